The number of carbonyl (C=O) groups excluding carboxylic acids is 1. The van der Waals surface area contributed by atoms with Crippen molar-refractivity contribution in [2.45, 2.75) is 5.92 Å². The van der Waals surface area contributed by atoms with Gasteiger partial charge in [-0.25, -0.2) is 0 Å². The Morgan fingerprint density at radius 2 is 2.33 bits per heavy atom. The Kier molecular flexibility index (Phi) is 3.45. The molecular weight excluding hydrogens is 250 g/mol. The van der Waals surface area contributed by atoms with Crippen molar-refractivity contribution >= 4 is 17.4 Å². The molecule has 0 N–H and O–H groups in total. The highest BCUT2D eigenvalue weighted by molar-refractivity contribution is 6.30. The second kappa shape index (κ2) is 5.03. The third-order valence-electron chi connectivity index (χ3n) is 2.56. The number of nitrogens with zero attached hydrogens (tertiary/aromatic N) is 3. The van der Waals surface area contributed by atoms with E-state index in [4.69, 9.17) is 16.9 Å². The van der Waals surface area contributed by atoms with Crippen molar-refractivity contribution in [2.75, 3.05) is 0 Å². The number of rotatable bonds is 3. The predicted octanol–water partition coefficient (Wildman–Crippen LogP) is 2.56. The normalized spacial score (nSPS) is 11.8. The van der Waals surface area contributed by atoms with Crippen LogP contribution < -0.4 is 0 Å². The topological polar surface area (TPSA) is 58.7 Å². The van der Waals surface area contributed by atoms with Crippen molar-refractivity contribution in [2.24, 2.45) is 7.05 Å². The van der Waals surface area contributed by atoms with E-state index in [1.54, 1.807) is 37.5 Å². The first-order valence-corrected chi connectivity index (χ1v) is 5.67. The minimum Gasteiger partial charge on any atom is -0.292 e. The first-order chi connectivity index (χ1) is 8.61. The zero-order chi connectivity index (χ0) is 13.1. The molecule has 1 aromatic heterocycles. The van der Waals surface area contributed by atoms with Crippen LogP contribution in [0.5, 0.6) is 0 Å². The van der Waals surface area contributed by atoms with E-state index in [0.29, 0.717) is 16.1 Å². The van der Waals surface area contributed by atoms with Crippen LogP contribution in [0.15, 0.2) is 36.7 Å². The minimum atomic E-state index is -0.854. The lowest BCUT2D eigenvalue weighted by Gasteiger charge is -2.07. The number of halogens is 1. The van der Waals surface area contributed by atoms with E-state index in [9.17, 15) is 4.79 Å². The van der Waals surface area contributed by atoms with E-state index in [2.05, 4.69) is 5.10 Å². The van der Waals surface area contributed by atoms with Crippen molar-refractivity contribution in [3.05, 3.63) is 52.8 Å². The van der Waals surface area contributed by atoms with E-state index in [1.807, 2.05) is 6.07 Å². The predicted molar refractivity (Wildman–Crippen MR) is 67.3 cm³/mol. The van der Waals surface area contributed by atoms with E-state index >= 15 is 0 Å². The fraction of sp³-hybridized carbons (Fsp3) is 0.154. The summed E-state index contributed by atoms with van der Waals surface area (Å²) in [6.45, 7) is 0. The average Bonchev–Trinajstić information content (AvgIpc) is 2.77. The van der Waals surface area contributed by atoms with Crippen molar-refractivity contribution in [1.29, 1.82) is 5.26 Å². The molecule has 5 heteroatoms. The van der Waals surface area contributed by atoms with Crippen LogP contribution in [-0.2, 0) is 7.05 Å². The van der Waals surface area contributed by atoms with Gasteiger partial charge in [-0.3, -0.25) is 9.48 Å². The molecule has 0 amide bonds. The van der Waals surface area contributed by atoms with Gasteiger partial charge < -0.3 is 0 Å². The molecule has 1 heterocycles. The molecule has 2 aromatic rings. The highest BCUT2D eigenvalue weighted by Gasteiger charge is 2.22. The summed E-state index contributed by atoms with van der Waals surface area (Å²) in [5.41, 5.74) is 1.02. The SMILES string of the molecule is Cn1cc(C(=O)C(C#N)c2cccc(Cl)c2)cn1. The molecule has 0 saturated heterocycles. The molecular formula is C13H10ClN3O. The van der Waals surface area contributed by atoms with Gasteiger partial charge in [-0.15, -0.1) is 0 Å². The second-order valence-electron chi connectivity index (χ2n) is 3.88. The van der Waals surface area contributed by atoms with Crippen LogP contribution in [0.1, 0.15) is 21.8 Å². The number of benzene rings is 1. The van der Waals surface area contributed by atoms with Gasteiger partial charge in [-0.2, -0.15) is 10.4 Å². The molecule has 0 aliphatic carbocycles. The summed E-state index contributed by atoms with van der Waals surface area (Å²) in [6.07, 6.45) is 3.05. The maximum absolute atomic E-state index is 12.2. The maximum atomic E-state index is 12.2. The molecule has 0 fully saturated rings. The first kappa shape index (κ1) is 12.3. The number of aryl methyl sites for hydroxylation is 1. The van der Waals surface area contributed by atoms with E-state index in [1.165, 1.54) is 10.9 Å². The standard InChI is InChI=1S/C13H10ClN3O/c1-17-8-10(7-16-17)13(18)12(6-15)9-3-2-4-11(14)5-9/h2-5,7-8,12H,1H3. The zero-order valence-electron chi connectivity index (χ0n) is 9.67. The van der Waals surface area contributed by atoms with Crippen LogP contribution in [0.25, 0.3) is 0 Å². The Labute approximate surface area is 109 Å². The summed E-state index contributed by atoms with van der Waals surface area (Å²) in [5, 5.41) is 13.6. The van der Waals surface area contributed by atoms with Crippen molar-refractivity contribution in [1.82, 2.24) is 9.78 Å². The quantitative estimate of drug-likeness (QED) is 0.796. The Morgan fingerprint density at radius 3 is 2.89 bits per heavy atom. The van der Waals surface area contributed by atoms with E-state index in [0.717, 1.165) is 0 Å². The van der Waals surface area contributed by atoms with Crippen LogP contribution in [0.4, 0.5) is 0 Å². The fourth-order valence-corrected chi connectivity index (χ4v) is 1.88. The van der Waals surface area contributed by atoms with Gasteiger partial charge in [0.2, 0.25) is 0 Å². The molecule has 1 unspecified atom stereocenters. The number of ketones is 1. The Morgan fingerprint density at radius 1 is 1.56 bits per heavy atom. The average molecular weight is 260 g/mol. The molecule has 0 bridgehead atoms. The lowest BCUT2D eigenvalue weighted by molar-refractivity contribution is 0.0979. The van der Waals surface area contributed by atoms with Crippen LogP contribution in [0, 0.1) is 11.3 Å². The van der Waals surface area contributed by atoms with Gasteiger partial charge >= 0.3 is 0 Å². The van der Waals surface area contributed by atoms with Crippen LogP contribution in [0.2, 0.25) is 5.02 Å². The van der Waals surface area contributed by atoms with Gasteiger partial charge in [0, 0.05) is 18.3 Å². The number of hydrogen-bond acceptors (Lipinski definition) is 3. The van der Waals surface area contributed by atoms with Crippen molar-refractivity contribution in [3.63, 3.8) is 0 Å². The number of nitriles is 1. The second-order valence-corrected chi connectivity index (χ2v) is 4.32. The molecule has 0 aliphatic heterocycles. The first-order valence-electron chi connectivity index (χ1n) is 5.30. The van der Waals surface area contributed by atoms with Crippen LogP contribution in [-0.4, -0.2) is 15.6 Å². The molecule has 4 nitrogen and oxygen atoms in total. The Bertz CT molecular complexity index is 627. The summed E-state index contributed by atoms with van der Waals surface area (Å²) in [6, 6.07) is 8.78. The van der Waals surface area contributed by atoms with Crippen LogP contribution in [0.3, 0.4) is 0 Å². The van der Waals surface area contributed by atoms with Gasteiger partial charge in [-0.1, -0.05) is 23.7 Å². The van der Waals surface area contributed by atoms with Crippen LogP contribution >= 0.6 is 11.6 Å². The maximum Gasteiger partial charge on any atom is 0.187 e. The molecule has 18 heavy (non-hydrogen) atoms. The number of carbonyl (C=O) groups is 1. The molecule has 2 rings (SSSR count). The van der Waals surface area contributed by atoms with Gasteiger partial charge in [0.1, 0.15) is 5.92 Å². The smallest absolute Gasteiger partial charge is 0.187 e. The molecule has 0 radical (unpaired) electrons. The summed E-state index contributed by atoms with van der Waals surface area (Å²) >= 11 is 5.86. The number of Topliss-reactive ketones (excluding diaryl/α,β-unsaturated/α-hetero) is 1. The van der Waals surface area contributed by atoms with E-state index < -0.39 is 5.92 Å². The fourth-order valence-electron chi connectivity index (χ4n) is 1.69. The highest BCUT2D eigenvalue weighted by Crippen LogP contribution is 2.22. The molecule has 0 saturated carbocycles. The summed E-state index contributed by atoms with van der Waals surface area (Å²) < 4.78 is 1.53. The van der Waals surface area contributed by atoms with Crippen molar-refractivity contribution in [3.8, 4) is 6.07 Å². The summed E-state index contributed by atoms with van der Waals surface area (Å²) in [4.78, 5) is 12.2. The molecule has 1 aromatic carbocycles. The van der Waals surface area contributed by atoms with Gasteiger partial charge in [0.25, 0.3) is 0 Å². The van der Waals surface area contributed by atoms with E-state index in [-0.39, 0.29) is 5.78 Å². The Hall–Kier alpha value is -2.12. The van der Waals surface area contributed by atoms with Gasteiger partial charge in [0.15, 0.2) is 5.78 Å². The molecule has 0 spiro atoms. The zero-order valence-corrected chi connectivity index (χ0v) is 10.4. The molecule has 0 aliphatic rings. The third-order valence-corrected chi connectivity index (χ3v) is 2.80. The third kappa shape index (κ3) is 2.41. The monoisotopic (exact) mass is 259 g/mol. The summed E-state index contributed by atoms with van der Waals surface area (Å²) in [5.74, 6) is -1.12. The van der Waals surface area contributed by atoms with Gasteiger partial charge in [-0.05, 0) is 17.7 Å². The summed E-state index contributed by atoms with van der Waals surface area (Å²) in [7, 11) is 1.72. The molecule has 90 valence electrons. The Balaban J connectivity index is 2.35. The largest absolute Gasteiger partial charge is 0.292 e. The lowest BCUT2D eigenvalue weighted by Crippen LogP contribution is -2.10. The van der Waals surface area contributed by atoms with Gasteiger partial charge in [0.05, 0.1) is 17.8 Å². The highest BCUT2D eigenvalue weighted by atomic mass is 35.5. The lowest BCUT2D eigenvalue weighted by atomic mass is 9.93. The minimum absolute atomic E-state index is 0.270. The van der Waals surface area contributed by atoms with Crippen molar-refractivity contribution < 1.29 is 4.79 Å². The number of hydrogen-bond donors (Lipinski definition) is 0. The molecule has 1 atom stereocenters. The number of aromatic nitrogens is 2.